The highest BCUT2D eigenvalue weighted by molar-refractivity contribution is 6.04. The van der Waals surface area contributed by atoms with Crippen molar-refractivity contribution in [3.8, 4) is 0 Å². The number of benzene rings is 1. The number of hydrogen-bond donors (Lipinski definition) is 0. The molecule has 2 aromatic heterocycles. The molecule has 3 aromatic rings. The van der Waals surface area contributed by atoms with Gasteiger partial charge in [-0.25, -0.2) is 0 Å². The second kappa shape index (κ2) is 4.63. The molecule has 0 amide bonds. The molecule has 5 nitrogen and oxygen atoms in total. The van der Waals surface area contributed by atoms with Gasteiger partial charge in [-0.1, -0.05) is 18.1 Å². The molecule has 0 N–H and O–H groups in total. The summed E-state index contributed by atoms with van der Waals surface area (Å²) in [5.74, 6) is 0. The highest BCUT2D eigenvalue weighted by Gasteiger charge is 2.08. The van der Waals surface area contributed by atoms with E-state index in [1.165, 1.54) is 5.39 Å². The summed E-state index contributed by atoms with van der Waals surface area (Å²) in [6.45, 7) is 2.58. The summed E-state index contributed by atoms with van der Waals surface area (Å²) in [5, 5.41) is 6.03. The zero-order valence-electron chi connectivity index (χ0n) is 10.6. The van der Waals surface area contributed by atoms with Gasteiger partial charge in [0.15, 0.2) is 0 Å². The summed E-state index contributed by atoms with van der Waals surface area (Å²) in [5.41, 5.74) is 10.6. The van der Waals surface area contributed by atoms with E-state index < -0.39 is 0 Å². The number of nitrogens with zero attached hydrogens (tertiary/aromatic N) is 5. The van der Waals surface area contributed by atoms with Crippen LogP contribution in [0.1, 0.15) is 6.92 Å². The van der Waals surface area contributed by atoms with E-state index >= 15 is 0 Å². The third-order valence-electron chi connectivity index (χ3n) is 3.22. The molecule has 0 radical (unpaired) electrons. The second-order valence-electron chi connectivity index (χ2n) is 4.60. The van der Waals surface area contributed by atoms with Crippen LogP contribution in [0.4, 0.5) is 0 Å². The summed E-state index contributed by atoms with van der Waals surface area (Å²) in [7, 11) is 0. The number of aromatic nitrogens is 2. The Balaban J connectivity index is 2.20. The number of azide groups is 1. The molecule has 0 spiro atoms. The molecule has 94 valence electrons. The molecule has 0 unspecified atom stereocenters. The Morgan fingerprint density at radius 3 is 3.11 bits per heavy atom. The Kier molecular flexibility index (Phi) is 2.82. The highest BCUT2D eigenvalue weighted by atomic mass is 15.2. The Hall–Kier alpha value is -2.52. The summed E-state index contributed by atoms with van der Waals surface area (Å²) >= 11 is 0. The first kappa shape index (κ1) is 11.6. The van der Waals surface area contributed by atoms with Crippen LogP contribution in [0.2, 0.25) is 0 Å². The van der Waals surface area contributed by atoms with E-state index in [1.54, 1.807) is 6.20 Å². The standard InChI is InChI=1S/C14H13N5/c1-10(17-18-15)9-19-8-6-11-4-5-13-12(14(11)19)3-2-7-16-13/h2-8,10H,9H2,1H3/t10-/m0/s1. The normalized spacial score (nSPS) is 12.5. The minimum Gasteiger partial charge on any atom is -0.347 e. The molecule has 0 saturated carbocycles. The molecule has 1 atom stereocenters. The van der Waals surface area contributed by atoms with Crippen molar-refractivity contribution < 1.29 is 0 Å². The van der Waals surface area contributed by atoms with Crippen LogP contribution in [-0.2, 0) is 6.54 Å². The van der Waals surface area contributed by atoms with E-state index in [0.29, 0.717) is 6.54 Å². The van der Waals surface area contributed by atoms with Crippen molar-refractivity contribution in [3.63, 3.8) is 0 Å². The second-order valence-corrected chi connectivity index (χ2v) is 4.60. The minimum atomic E-state index is -0.0764. The highest BCUT2D eigenvalue weighted by Crippen LogP contribution is 2.25. The fourth-order valence-electron chi connectivity index (χ4n) is 2.42. The van der Waals surface area contributed by atoms with Crippen LogP contribution < -0.4 is 0 Å². The maximum Gasteiger partial charge on any atom is 0.0723 e. The monoisotopic (exact) mass is 251 g/mol. The first-order valence-corrected chi connectivity index (χ1v) is 6.16. The van der Waals surface area contributed by atoms with Gasteiger partial charge in [-0.2, -0.15) is 0 Å². The summed E-state index contributed by atoms with van der Waals surface area (Å²) in [6, 6.07) is 10.1. The molecule has 1 aromatic carbocycles. The van der Waals surface area contributed by atoms with Gasteiger partial charge >= 0.3 is 0 Å². The summed E-state index contributed by atoms with van der Waals surface area (Å²) < 4.78 is 2.12. The predicted molar refractivity (Wildman–Crippen MR) is 75.8 cm³/mol. The zero-order valence-corrected chi connectivity index (χ0v) is 10.6. The van der Waals surface area contributed by atoms with Crippen LogP contribution in [0.5, 0.6) is 0 Å². The van der Waals surface area contributed by atoms with Crippen molar-refractivity contribution in [2.75, 3.05) is 0 Å². The maximum atomic E-state index is 8.49. The van der Waals surface area contributed by atoms with Crippen LogP contribution in [0.15, 0.2) is 47.8 Å². The van der Waals surface area contributed by atoms with Crippen molar-refractivity contribution in [2.45, 2.75) is 19.5 Å². The summed E-state index contributed by atoms with van der Waals surface area (Å²) in [4.78, 5) is 7.23. The van der Waals surface area contributed by atoms with Gasteiger partial charge in [-0.05, 0) is 29.8 Å². The topological polar surface area (TPSA) is 66.6 Å². The van der Waals surface area contributed by atoms with Crippen molar-refractivity contribution in [3.05, 3.63) is 53.2 Å². The molecule has 0 saturated heterocycles. The average molecular weight is 251 g/mol. The Labute approximate surface area is 110 Å². The molecule has 2 heterocycles. The first-order chi connectivity index (χ1) is 9.29. The van der Waals surface area contributed by atoms with E-state index in [4.69, 9.17) is 5.53 Å². The molecular formula is C14H13N5. The van der Waals surface area contributed by atoms with Crippen LogP contribution in [0.25, 0.3) is 32.2 Å². The molecule has 0 fully saturated rings. The van der Waals surface area contributed by atoms with Crippen LogP contribution >= 0.6 is 0 Å². The van der Waals surface area contributed by atoms with Crippen LogP contribution in [0, 0.1) is 0 Å². The Bertz CT molecular complexity index is 783. The maximum absolute atomic E-state index is 8.49. The average Bonchev–Trinajstić information content (AvgIpc) is 2.82. The summed E-state index contributed by atoms with van der Waals surface area (Å²) in [6.07, 6.45) is 3.82. The lowest BCUT2D eigenvalue weighted by Gasteiger charge is -2.09. The van der Waals surface area contributed by atoms with Gasteiger partial charge in [0, 0.05) is 34.6 Å². The third-order valence-corrected chi connectivity index (χ3v) is 3.22. The molecule has 3 rings (SSSR count). The largest absolute Gasteiger partial charge is 0.347 e. The van der Waals surface area contributed by atoms with Gasteiger partial charge in [0.1, 0.15) is 0 Å². The van der Waals surface area contributed by atoms with Gasteiger partial charge < -0.3 is 4.57 Å². The SMILES string of the molecule is C[C@@H](Cn1ccc2ccc3ncccc3c21)N=[N+]=[N-]. The third kappa shape index (κ3) is 2.00. The number of hydrogen-bond acceptors (Lipinski definition) is 2. The van der Waals surface area contributed by atoms with Crippen molar-refractivity contribution in [2.24, 2.45) is 5.11 Å². The number of pyridine rings is 1. The van der Waals surface area contributed by atoms with Gasteiger partial charge in [-0.3, -0.25) is 4.98 Å². The molecule has 19 heavy (non-hydrogen) atoms. The van der Waals surface area contributed by atoms with Gasteiger partial charge in [0.05, 0.1) is 17.1 Å². The lowest BCUT2D eigenvalue weighted by molar-refractivity contribution is 0.603. The quantitative estimate of drug-likeness (QED) is 0.395. The van der Waals surface area contributed by atoms with Crippen molar-refractivity contribution in [1.82, 2.24) is 9.55 Å². The van der Waals surface area contributed by atoms with Crippen LogP contribution in [0.3, 0.4) is 0 Å². The predicted octanol–water partition coefficient (Wildman–Crippen LogP) is 3.89. The number of rotatable bonds is 3. The molecule has 0 bridgehead atoms. The van der Waals surface area contributed by atoms with Gasteiger partial charge in [-0.15, -0.1) is 0 Å². The van der Waals surface area contributed by atoms with E-state index in [2.05, 4.69) is 37.8 Å². The van der Waals surface area contributed by atoms with Crippen molar-refractivity contribution in [1.29, 1.82) is 0 Å². The fourth-order valence-corrected chi connectivity index (χ4v) is 2.42. The van der Waals surface area contributed by atoms with Gasteiger partial charge in [0.2, 0.25) is 0 Å². The van der Waals surface area contributed by atoms with E-state index in [0.717, 1.165) is 16.4 Å². The van der Waals surface area contributed by atoms with E-state index in [-0.39, 0.29) is 6.04 Å². The van der Waals surface area contributed by atoms with Crippen molar-refractivity contribution >= 4 is 21.8 Å². The molecule has 0 aliphatic heterocycles. The van der Waals surface area contributed by atoms with Crippen LogP contribution in [-0.4, -0.2) is 15.6 Å². The Morgan fingerprint density at radius 2 is 2.26 bits per heavy atom. The fraction of sp³-hybridized carbons (Fsp3) is 0.214. The molecule has 0 aliphatic carbocycles. The van der Waals surface area contributed by atoms with Gasteiger partial charge in [0.25, 0.3) is 0 Å². The molecule has 0 aliphatic rings. The molecular weight excluding hydrogens is 238 g/mol. The molecule has 5 heteroatoms. The first-order valence-electron chi connectivity index (χ1n) is 6.16. The lowest BCUT2D eigenvalue weighted by atomic mass is 10.1. The smallest absolute Gasteiger partial charge is 0.0723 e. The number of fused-ring (bicyclic) bond motifs is 3. The van der Waals surface area contributed by atoms with E-state index in [9.17, 15) is 0 Å². The minimum absolute atomic E-state index is 0.0764. The Morgan fingerprint density at radius 1 is 1.37 bits per heavy atom. The zero-order chi connectivity index (χ0) is 13.2. The van der Waals surface area contributed by atoms with E-state index in [1.807, 2.05) is 25.3 Å². The lowest BCUT2D eigenvalue weighted by Crippen LogP contribution is -2.08.